The van der Waals surface area contributed by atoms with Crippen molar-refractivity contribution in [2.24, 2.45) is 5.92 Å². The summed E-state index contributed by atoms with van der Waals surface area (Å²) in [7, 11) is 2.24. The van der Waals surface area contributed by atoms with Gasteiger partial charge in [0, 0.05) is 30.6 Å². The zero-order chi connectivity index (χ0) is 15.4. The molecule has 120 valence electrons. The molecule has 2 atom stereocenters. The fourth-order valence-corrected chi connectivity index (χ4v) is 4.27. The van der Waals surface area contributed by atoms with Crippen LogP contribution in [0, 0.1) is 5.92 Å². The third kappa shape index (κ3) is 4.43. The van der Waals surface area contributed by atoms with Gasteiger partial charge in [-0.2, -0.15) is 0 Å². The minimum atomic E-state index is 0.525. The van der Waals surface area contributed by atoms with E-state index >= 15 is 0 Å². The monoisotopic (exact) mass is 309 g/mol. The fourth-order valence-electron chi connectivity index (χ4n) is 3.14. The molecule has 0 radical (unpaired) electrons. The van der Waals surface area contributed by atoms with Gasteiger partial charge in [0.2, 0.25) is 0 Å². The van der Waals surface area contributed by atoms with Crippen LogP contribution in [0.1, 0.15) is 63.9 Å². The first kappa shape index (κ1) is 16.8. The Morgan fingerprint density at radius 1 is 1.38 bits per heavy atom. The van der Waals surface area contributed by atoms with E-state index in [-0.39, 0.29) is 0 Å². The minimum absolute atomic E-state index is 0.525. The van der Waals surface area contributed by atoms with Crippen molar-refractivity contribution in [2.75, 3.05) is 11.9 Å². The highest BCUT2D eigenvalue weighted by atomic mass is 32.1. The molecule has 1 aliphatic rings. The average Bonchev–Trinajstić information content (AvgIpc) is 2.87. The van der Waals surface area contributed by atoms with E-state index in [1.54, 1.807) is 0 Å². The Labute approximate surface area is 134 Å². The molecule has 1 heterocycles. The highest BCUT2D eigenvalue weighted by Gasteiger charge is 2.25. The first-order valence-electron chi connectivity index (χ1n) is 8.46. The first-order valence-corrected chi connectivity index (χ1v) is 9.27. The fraction of sp³-hybridized carbons (Fsp3) is 0.824. The van der Waals surface area contributed by atoms with Gasteiger partial charge in [-0.15, -0.1) is 11.3 Å². The van der Waals surface area contributed by atoms with E-state index in [9.17, 15) is 0 Å². The number of hydrogen-bond donors (Lipinski definition) is 1. The lowest BCUT2D eigenvalue weighted by atomic mass is 9.86. The Balaban J connectivity index is 2.08. The van der Waals surface area contributed by atoms with E-state index in [4.69, 9.17) is 4.98 Å². The summed E-state index contributed by atoms with van der Waals surface area (Å²) < 4.78 is 0. The van der Waals surface area contributed by atoms with Crippen molar-refractivity contribution in [3.8, 4) is 0 Å². The molecule has 1 N–H and O–H groups in total. The highest BCUT2D eigenvalue weighted by molar-refractivity contribution is 7.15. The average molecular weight is 310 g/mol. The second-order valence-electron chi connectivity index (χ2n) is 6.79. The van der Waals surface area contributed by atoms with Crippen molar-refractivity contribution in [2.45, 2.75) is 78.4 Å². The molecule has 4 heteroatoms. The molecule has 1 saturated carbocycles. The first-order chi connectivity index (χ1) is 10.0. The number of rotatable bonds is 6. The van der Waals surface area contributed by atoms with Gasteiger partial charge in [-0.1, -0.05) is 40.5 Å². The highest BCUT2D eigenvalue weighted by Crippen LogP contribution is 2.33. The van der Waals surface area contributed by atoms with E-state index < -0.39 is 0 Å². The number of aryl methyl sites for hydroxylation is 1. The van der Waals surface area contributed by atoms with Crippen molar-refractivity contribution >= 4 is 16.5 Å². The molecule has 0 bridgehead atoms. The summed E-state index contributed by atoms with van der Waals surface area (Å²) in [4.78, 5) is 8.77. The van der Waals surface area contributed by atoms with Crippen LogP contribution < -0.4 is 10.2 Å². The number of hydrogen-bond acceptors (Lipinski definition) is 4. The second-order valence-corrected chi connectivity index (χ2v) is 7.85. The number of nitrogens with one attached hydrogen (secondary N) is 1. The van der Waals surface area contributed by atoms with Gasteiger partial charge in [-0.3, -0.25) is 0 Å². The molecular formula is C17H31N3S. The maximum Gasteiger partial charge on any atom is 0.185 e. The SMILES string of the molecule is CCc1nc(N(C)C2CCCC(C)C2)sc1CNC(C)C. The number of thiazole rings is 1. The van der Waals surface area contributed by atoms with Gasteiger partial charge < -0.3 is 10.2 Å². The summed E-state index contributed by atoms with van der Waals surface area (Å²) in [6, 6.07) is 1.20. The van der Waals surface area contributed by atoms with E-state index in [0.717, 1.165) is 18.9 Å². The van der Waals surface area contributed by atoms with Gasteiger partial charge in [0.25, 0.3) is 0 Å². The van der Waals surface area contributed by atoms with Crippen LogP contribution >= 0.6 is 11.3 Å². The van der Waals surface area contributed by atoms with Gasteiger partial charge in [0.15, 0.2) is 5.13 Å². The van der Waals surface area contributed by atoms with E-state index in [0.29, 0.717) is 12.1 Å². The molecule has 0 spiro atoms. The van der Waals surface area contributed by atoms with Crippen molar-refractivity contribution < 1.29 is 0 Å². The smallest absolute Gasteiger partial charge is 0.185 e. The van der Waals surface area contributed by atoms with Crippen LogP contribution in [0.25, 0.3) is 0 Å². The largest absolute Gasteiger partial charge is 0.348 e. The third-order valence-electron chi connectivity index (χ3n) is 4.53. The second kappa shape index (κ2) is 7.59. The maximum absolute atomic E-state index is 4.91. The van der Waals surface area contributed by atoms with E-state index in [2.05, 4.69) is 45.0 Å². The zero-order valence-electron chi connectivity index (χ0n) is 14.3. The van der Waals surface area contributed by atoms with E-state index in [1.807, 2.05) is 11.3 Å². The minimum Gasteiger partial charge on any atom is -0.348 e. The molecule has 2 rings (SSSR count). The molecule has 0 saturated heterocycles. The van der Waals surface area contributed by atoms with Crippen molar-refractivity contribution in [3.05, 3.63) is 10.6 Å². The topological polar surface area (TPSA) is 28.2 Å². The molecule has 1 aliphatic carbocycles. The van der Waals surface area contributed by atoms with Gasteiger partial charge >= 0.3 is 0 Å². The van der Waals surface area contributed by atoms with Crippen molar-refractivity contribution in [3.63, 3.8) is 0 Å². The molecule has 0 aromatic carbocycles. The Morgan fingerprint density at radius 2 is 2.14 bits per heavy atom. The van der Waals surface area contributed by atoms with Gasteiger partial charge in [-0.05, 0) is 25.2 Å². The molecule has 1 fully saturated rings. The lowest BCUT2D eigenvalue weighted by Crippen LogP contribution is -2.35. The summed E-state index contributed by atoms with van der Waals surface area (Å²) in [5.41, 5.74) is 1.28. The molecule has 1 aromatic rings. The quantitative estimate of drug-likeness (QED) is 0.853. The predicted octanol–water partition coefficient (Wildman–Crippen LogP) is 4.22. The number of anilines is 1. The molecule has 2 unspecified atom stereocenters. The molecule has 0 amide bonds. The van der Waals surface area contributed by atoms with Crippen LogP contribution in [0.15, 0.2) is 0 Å². The summed E-state index contributed by atoms with van der Waals surface area (Å²) in [6.45, 7) is 9.94. The Hall–Kier alpha value is -0.610. The molecular weight excluding hydrogens is 278 g/mol. The molecule has 3 nitrogen and oxygen atoms in total. The van der Waals surface area contributed by atoms with Crippen LogP contribution in [0.3, 0.4) is 0 Å². The molecule has 0 aliphatic heterocycles. The summed E-state index contributed by atoms with van der Waals surface area (Å²) in [5, 5.41) is 4.74. The third-order valence-corrected chi connectivity index (χ3v) is 5.72. The van der Waals surface area contributed by atoms with Gasteiger partial charge in [0.05, 0.1) is 5.69 Å². The van der Waals surface area contributed by atoms with Crippen molar-refractivity contribution in [1.29, 1.82) is 0 Å². The summed E-state index contributed by atoms with van der Waals surface area (Å²) in [5.74, 6) is 0.860. The molecule has 1 aromatic heterocycles. The Morgan fingerprint density at radius 3 is 2.76 bits per heavy atom. The predicted molar refractivity (Wildman–Crippen MR) is 93.3 cm³/mol. The summed E-state index contributed by atoms with van der Waals surface area (Å²) in [6.07, 6.45) is 6.43. The van der Waals surface area contributed by atoms with Crippen LogP contribution in [0.5, 0.6) is 0 Å². The Kier molecular flexibility index (Phi) is 6.06. The van der Waals surface area contributed by atoms with Gasteiger partial charge in [0.1, 0.15) is 0 Å². The maximum atomic E-state index is 4.91. The molecule has 21 heavy (non-hydrogen) atoms. The van der Waals surface area contributed by atoms with Crippen LogP contribution in [-0.2, 0) is 13.0 Å². The van der Waals surface area contributed by atoms with Crippen LogP contribution in [-0.4, -0.2) is 24.1 Å². The number of nitrogens with zero attached hydrogens (tertiary/aromatic N) is 2. The van der Waals surface area contributed by atoms with Gasteiger partial charge in [-0.25, -0.2) is 4.98 Å². The van der Waals surface area contributed by atoms with Crippen molar-refractivity contribution in [1.82, 2.24) is 10.3 Å². The lowest BCUT2D eigenvalue weighted by Gasteiger charge is -2.33. The summed E-state index contributed by atoms with van der Waals surface area (Å²) >= 11 is 1.88. The Bertz CT molecular complexity index is 441. The standard InChI is InChI=1S/C17H31N3S/c1-6-15-16(11-18-12(2)3)21-17(19-15)20(5)14-9-7-8-13(4)10-14/h12-14,18H,6-11H2,1-5H3. The van der Waals surface area contributed by atoms with Crippen LogP contribution in [0.2, 0.25) is 0 Å². The number of aromatic nitrogens is 1. The lowest BCUT2D eigenvalue weighted by molar-refractivity contribution is 0.336. The normalized spacial score (nSPS) is 22.8. The van der Waals surface area contributed by atoms with Crippen LogP contribution in [0.4, 0.5) is 5.13 Å². The zero-order valence-corrected chi connectivity index (χ0v) is 15.1. The van der Waals surface area contributed by atoms with E-state index in [1.165, 1.54) is 41.4 Å².